The molecule has 0 saturated carbocycles. The van der Waals surface area contributed by atoms with Gasteiger partial charge in [-0.15, -0.1) is 0 Å². The van der Waals surface area contributed by atoms with Crippen LogP contribution in [0.5, 0.6) is 0 Å². The fourth-order valence-corrected chi connectivity index (χ4v) is 4.59. The standard InChI is InChI=1S/C32H24N2O2/c1-33-28-14-8-11-24(21-28)22-29-30(20-15-23-9-4-2-5-10-23)34(32(29)36)31(35)27-18-16-26(17-19-27)25-12-6-3-7-13-25/h2-21,29-30H,22H2. The van der Waals surface area contributed by atoms with Crippen LogP contribution in [0.3, 0.4) is 0 Å². The summed E-state index contributed by atoms with van der Waals surface area (Å²) in [4.78, 5) is 31.5. The van der Waals surface area contributed by atoms with E-state index in [0.29, 0.717) is 17.7 Å². The first kappa shape index (κ1) is 23.0. The molecule has 0 radical (unpaired) electrons. The molecule has 1 fully saturated rings. The Bertz CT molecular complexity index is 1450. The predicted molar refractivity (Wildman–Crippen MR) is 142 cm³/mol. The molecular weight excluding hydrogens is 444 g/mol. The molecule has 1 aliphatic rings. The van der Waals surface area contributed by atoms with Crippen molar-refractivity contribution in [1.82, 2.24) is 4.90 Å². The molecule has 2 atom stereocenters. The lowest BCUT2D eigenvalue weighted by molar-refractivity contribution is -0.147. The van der Waals surface area contributed by atoms with Crippen molar-refractivity contribution in [2.45, 2.75) is 12.5 Å². The van der Waals surface area contributed by atoms with Crippen molar-refractivity contribution in [3.8, 4) is 11.1 Å². The molecule has 0 aliphatic carbocycles. The predicted octanol–water partition coefficient (Wildman–Crippen LogP) is 6.83. The van der Waals surface area contributed by atoms with Crippen LogP contribution < -0.4 is 0 Å². The van der Waals surface area contributed by atoms with Crippen LogP contribution in [0.25, 0.3) is 22.0 Å². The molecular formula is C32H24N2O2. The minimum atomic E-state index is -0.365. The van der Waals surface area contributed by atoms with Gasteiger partial charge in [-0.2, -0.15) is 0 Å². The molecule has 1 saturated heterocycles. The molecule has 2 amide bonds. The molecule has 0 aromatic heterocycles. The van der Waals surface area contributed by atoms with E-state index >= 15 is 0 Å². The van der Waals surface area contributed by atoms with E-state index < -0.39 is 0 Å². The number of hydrogen-bond acceptors (Lipinski definition) is 2. The van der Waals surface area contributed by atoms with E-state index in [1.807, 2.05) is 103 Å². The zero-order chi connectivity index (χ0) is 24.9. The van der Waals surface area contributed by atoms with Crippen LogP contribution in [0.4, 0.5) is 5.69 Å². The lowest BCUT2D eigenvalue weighted by atomic mass is 9.81. The first-order valence-electron chi connectivity index (χ1n) is 11.9. The normalized spacial score (nSPS) is 17.0. The minimum absolute atomic E-state index is 0.192. The first-order valence-corrected chi connectivity index (χ1v) is 11.9. The van der Waals surface area contributed by atoms with Gasteiger partial charge in [0.15, 0.2) is 5.69 Å². The molecule has 4 nitrogen and oxygen atoms in total. The molecule has 4 heteroatoms. The highest BCUT2D eigenvalue weighted by Gasteiger charge is 2.49. The molecule has 2 unspecified atom stereocenters. The third kappa shape index (κ3) is 4.73. The third-order valence-corrected chi connectivity index (χ3v) is 6.50. The van der Waals surface area contributed by atoms with E-state index in [-0.39, 0.29) is 23.8 Å². The lowest BCUT2D eigenvalue weighted by Gasteiger charge is -2.44. The average molecular weight is 469 g/mol. The largest absolute Gasteiger partial charge is 0.274 e. The quantitative estimate of drug-likeness (QED) is 0.177. The summed E-state index contributed by atoms with van der Waals surface area (Å²) < 4.78 is 0. The lowest BCUT2D eigenvalue weighted by Crippen LogP contribution is -2.62. The molecule has 36 heavy (non-hydrogen) atoms. The van der Waals surface area contributed by atoms with Gasteiger partial charge in [0.25, 0.3) is 5.91 Å². The fraction of sp³-hybridized carbons (Fsp3) is 0.0938. The van der Waals surface area contributed by atoms with Gasteiger partial charge in [-0.1, -0.05) is 115 Å². The zero-order valence-electron chi connectivity index (χ0n) is 19.6. The van der Waals surface area contributed by atoms with Crippen LogP contribution in [0.15, 0.2) is 115 Å². The van der Waals surface area contributed by atoms with Crippen LogP contribution in [0, 0.1) is 12.5 Å². The van der Waals surface area contributed by atoms with Gasteiger partial charge in [0.05, 0.1) is 18.5 Å². The number of likely N-dealkylation sites (tertiary alicyclic amines) is 1. The Morgan fingerprint density at radius 2 is 1.50 bits per heavy atom. The number of β-lactam (4-membered cyclic amide) rings is 1. The van der Waals surface area contributed by atoms with Gasteiger partial charge in [0.1, 0.15) is 0 Å². The second-order valence-corrected chi connectivity index (χ2v) is 8.81. The second-order valence-electron chi connectivity index (χ2n) is 8.81. The first-order chi connectivity index (χ1) is 17.6. The highest BCUT2D eigenvalue weighted by molar-refractivity contribution is 6.10. The summed E-state index contributed by atoms with van der Waals surface area (Å²) in [5.41, 5.74) is 5.03. The summed E-state index contributed by atoms with van der Waals surface area (Å²) in [5, 5.41) is 0. The molecule has 0 spiro atoms. The smallest absolute Gasteiger partial charge is 0.261 e. The fourth-order valence-electron chi connectivity index (χ4n) is 4.59. The molecule has 4 aromatic rings. The number of rotatable bonds is 6. The van der Waals surface area contributed by atoms with Crippen molar-refractivity contribution in [3.05, 3.63) is 143 Å². The van der Waals surface area contributed by atoms with Crippen molar-refractivity contribution in [2.24, 2.45) is 5.92 Å². The van der Waals surface area contributed by atoms with Crippen molar-refractivity contribution >= 4 is 23.6 Å². The summed E-state index contributed by atoms with van der Waals surface area (Å²) >= 11 is 0. The number of amides is 2. The zero-order valence-corrected chi connectivity index (χ0v) is 19.6. The van der Waals surface area contributed by atoms with E-state index in [4.69, 9.17) is 6.57 Å². The van der Waals surface area contributed by atoms with Gasteiger partial charge in [-0.05, 0) is 35.2 Å². The third-order valence-electron chi connectivity index (χ3n) is 6.50. The topological polar surface area (TPSA) is 41.7 Å². The van der Waals surface area contributed by atoms with Crippen molar-refractivity contribution in [1.29, 1.82) is 0 Å². The van der Waals surface area contributed by atoms with Gasteiger partial charge in [-0.3, -0.25) is 14.5 Å². The van der Waals surface area contributed by atoms with E-state index in [1.165, 1.54) is 4.90 Å². The minimum Gasteiger partial charge on any atom is -0.274 e. The molecule has 1 aliphatic heterocycles. The summed E-state index contributed by atoms with van der Waals surface area (Å²) in [7, 11) is 0. The Hall–Kier alpha value is -4.75. The number of imide groups is 1. The number of benzene rings is 4. The number of nitrogens with zero attached hydrogens (tertiary/aromatic N) is 2. The van der Waals surface area contributed by atoms with Gasteiger partial charge in [0.2, 0.25) is 5.91 Å². The van der Waals surface area contributed by atoms with Crippen molar-refractivity contribution < 1.29 is 9.59 Å². The van der Waals surface area contributed by atoms with E-state index in [0.717, 1.165) is 22.3 Å². The van der Waals surface area contributed by atoms with Crippen molar-refractivity contribution in [3.63, 3.8) is 0 Å². The van der Waals surface area contributed by atoms with Crippen LogP contribution >= 0.6 is 0 Å². The Kier molecular flexibility index (Phi) is 6.55. The van der Waals surface area contributed by atoms with E-state index in [1.54, 1.807) is 18.2 Å². The molecule has 0 N–H and O–H groups in total. The Morgan fingerprint density at radius 3 is 2.19 bits per heavy atom. The van der Waals surface area contributed by atoms with Crippen LogP contribution in [0.1, 0.15) is 21.5 Å². The summed E-state index contributed by atoms with van der Waals surface area (Å²) in [6.07, 6.45) is 4.37. The van der Waals surface area contributed by atoms with Crippen LogP contribution in [0.2, 0.25) is 0 Å². The summed E-state index contributed by atoms with van der Waals surface area (Å²) in [5.74, 6) is -0.852. The highest BCUT2D eigenvalue weighted by atomic mass is 16.2. The van der Waals surface area contributed by atoms with E-state index in [9.17, 15) is 9.59 Å². The van der Waals surface area contributed by atoms with Gasteiger partial charge >= 0.3 is 0 Å². The van der Waals surface area contributed by atoms with Gasteiger partial charge in [0, 0.05) is 5.56 Å². The van der Waals surface area contributed by atoms with Gasteiger partial charge in [-0.25, -0.2) is 4.85 Å². The molecule has 4 aromatic carbocycles. The molecule has 0 bridgehead atoms. The average Bonchev–Trinajstić information content (AvgIpc) is 2.95. The number of carbonyl (C=O) groups is 2. The summed E-state index contributed by atoms with van der Waals surface area (Å²) in [6, 6.07) is 34.1. The second kappa shape index (κ2) is 10.2. The van der Waals surface area contributed by atoms with Gasteiger partial charge < -0.3 is 0 Å². The maximum absolute atomic E-state index is 13.4. The Balaban J connectivity index is 1.40. The SMILES string of the molecule is [C-]#[N+]c1cccc(CC2C(=O)N(C(=O)c3ccc(-c4ccccc4)cc3)C2C=Cc2ccccc2)c1. The number of carbonyl (C=O) groups excluding carboxylic acids is 2. The highest BCUT2D eigenvalue weighted by Crippen LogP contribution is 2.34. The maximum Gasteiger partial charge on any atom is 0.261 e. The molecule has 1 heterocycles. The van der Waals surface area contributed by atoms with Crippen molar-refractivity contribution in [2.75, 3.05) is 0 Å². The maximum atomic E-state index is 13.4. The van der Waals surface area contributed by atoms with E-state index in [2.05, 4.69) is 4.85 Å². The van der Waals surface area contributed by atoms with Crippen LogP contribution in [-0.4, -0.2) is 22.8 Å². The number of hydrogen-bond donors (Lipinski definition) is 0. The summed E-state index contributed by atoms with van der Waals surface area (Å²) in [6.45, 7) is 7.27. The Morgan fingerprint density at radius 1 is 0.833 bits per heavy atom. The monoisotopic (exact) mass is 468 g/mol. The molecule has 5 rings (SSSR count). The molecule has 174 valence electrons. The van der Waals surface area contributed by atoms with Crippen LogP contribution in [-0.2, 0) is 11.2 Å². The Labute approximate surface area is 211 Å².